The molecular weight excluding hydrogens is 374 g/mol. The van der Waals surface area contributed by atoms with Crippen LogP contribution < -0.4 is 5.32 Å². The highest BCUT2D eigenvalue weighted by Crippen LogP contribution is 2.21. The van der Waals surface area contributed by atoms with Crippen LogP contribution in [0.1, 0.15) is 16.1 Å². The molecule has 1 heterocycles. The molecule has 1 aromatic heterocycles. The van der Waals surface area contributed by atoms with Gasteiger partial charge < -0.3 is 5.32 Å². The number of benzene rings is 1. The molecule has 1 aromatic carbocycles. The van der Waals surface area contributed by atoms with E-state index in [-0.39, 0.29) is 11.6 Å². The fourth-order valence-electron chi connectivity index (χ4n) is 1.44. The van der Waals surface area contributed by atoms with Crippen LogP contribution in [0.3, 0.4) is 0 Å². The minimum Gasteiger partial charge on any atom is -0.319 e. The van der Waals surface area contributed by atoms with Crippen molar-refractivity contribution in [3.05, 3.63) is 56.7 Å². The number of nitrogens with one attached hydrogen (secondary N) is 1. The summed E-state index contributed by atoms with van der Waals surface area (Å²) in [5.74, 6) is -0.365. The summed E-state index contributed by atoms with van der Waals surface area (Å²) in [5, 5.41) is 11.7. The van der Waals surface area contributed by atoms with Gasteiger partial charge in [0.2, 0.25) is 0 Å². The number of amides is 1. The second-order valence-electron chi connectivity index (χ2n) is 3.60. The lowest BCUT2D eigenvalue weighted by molar-refractivity contribution is 0.102. The first-order valence-corrected chi connectivity index (χ1v) is 6.82. The Kier molecular flexibility index (Phi) is 4.30. The fourth-order valence-corrected chi connectivity index (χ4v) is 2.14. The Labute approximate surface area is 126 Å². The topological polar surface area (TPSA) is 65.8 Å². The lowest BCUT2D eigenvalue weighted by atomic mass is 10.2. The molecule has 19 heavy (non-hydrogen) atoms. The summed E-state index contributed by atoms with van der Waals surface area (Å²) in [6.45, 7) is 0. The van der Waals surface area contributed by atoms with Gasteiger partial charge in [-0.05, 0) is 46.3 Å². The number of anilines is 1. The van der Waals surface area contributed by atoms with Gasteiger partial charge in [0, 0.05) is 4.47 Å². The van der Waals surface area contributed by atoms with E-state index in [0.29, 0.717) is 15.9 Å². The number of carbonyl (C=O) groups excluding carboxylic acids is 1. The van der Waals surface area contributed by atoms with Crippen LogP contribution >= 0.6 is 31.9 Å². The van der Waals surface area contributed by atoms with Gasteiger partial charge in [0.15, 0.2) is 0 Å². The summed E-state index contributed by atoms with van der Waals surface area (Å²) in [4.78, 5) is 16.1. The van der Waals surface area contributed by atoms with Crippen molar-refractivity contribution in [2.45, 2.75) is 0 Å². The molecule has 0 saturated carbocycles. The monoisotopic (exact) mass is 379 g/mol. The van der Waals surface area contributed by atoms with Crippen LogP contribution in [0.4, 0.5) is 5.69 Å². The molecule has 0 atom stereocenters. The van der Waals surface area contributed by atoms with E-state index in [2.05, 4.69) is 42.2 Å². The molecule has 0 aliphatic heterocycles. The number of halogens is 2. The number of aromatic nitrogens is 1. The molecule has 0 radical (unpaired) electrons. The van der Waals surface area contributed by atoms with Gasteiger partial charge in [-0.2, -0.15) is 5.26 Å². The molecule has 2 aromatic rings. The van der Waals surface area contributed by atoms with Crippen molar-refractivity contribution in [2.75, 3.05) is 5.32 Å². The summed E-state index contributed by atoms with van der Waals surface area (Å²) in [7, 11) is 0. The summed E-state index contributed by atoms with van der Waals surface area (Å²) >= 11 is 6.50. The van der Waals surface area contributed by atoms with Crippen molar-refractivity contribution >= 4 is 43.5 Å². The lowest BCUT2D eigenvalue weighted by Crippen LogP contribution is -2.14. The van der Waals surface area contributed by atoms with Crippen molar-refractivity contribution in [1.29, 1.82) is 5.26 Å². The van der Waals surface area contributed by atoms with Crippen molar-refractivity contribution in [3.8, 4) is 6.07 Å². The fraction of sp³-hybridized carbons (Fsp3) is 0. The molecule has 0 fully saturated rings. The van der Waals surface area contributed by atoms with E-state index in [9.17, 15) is 4.79 Å². The molecule has 0 spiro atoms. The van der Waals surface area contributed by atoms with Gasteiger partial charge in [0.05, 0.1) is 11.3 Å². The van der Waals surface area contributed by atoms with Crippen molar-refractivity contribution in [3.63, 3.8) is 0 Å². The third-order valence-electron chi connectivity index (χ3n) is 2.30. The summed E-state index contributed by atoms with van der Waals surface area (Å²) in [6.07, 6.45) is 0. The van der Waals surface area contributed by atoms with Crippen LogP contribution in [0.25, 0.3) is 0 Å². The first-order chi connectivity index (χ1) is 9.10. The molecule has 2 rings (SSSR count). The smallest absolute Gasteiger partial charge is 0.274 e. The average molecular weight is 381 g/mol. The van der Waals surface area contributed by atoms with E-state index < -0.39 is 0 Å². The van der Waals surface area contributed by atoms with Crippen molar-refractivity contribution in [1.82, 2.24) is 4.98 Å². The molecule has 6 heteroatoms. The normalized spacial score (nSPS) is 9.74. The molecule has 0 unspecified atom stereocenters. The number of hydrogen-bond donors (Lipinski definition) is 1. The molecule has 1 amide bonds. The third-order valence-corrected chi connectivity index (χ3v) is 3.23. The van der Waals surface area contributed by atoms with Crippen LogP contribution in [0.2, 0.25) is 0 Å². The Morgan fingerprint density at radius 3 is 2.74 bits per heavy atom. The van der Waals surface area contributed by atoms with Crippen LogP contribution in [-0.2, 0) is 0 Å². The third kappa shape index (κ3) is 3.40. The summed E-state index contributed by atoms with van der Waals surface area (Å²) in [5.41, 5.74) is 1.12. The van der Waals surface area contributed by atoms with E-state index in [1.165, 1.54) is 0 Å². The zero-order valence-corrected chi connectivity index (χ0v) is 12.7. The standard InChI is InChI=1S/C13H7Br2N3O/c14-9-5-4-8(7-16)11(6-9)18-13(19)10-2-1-3-12(15)17-10/h1-6H,(H,18,19). The van der Waals surface area contributed by atoms with Gasteiger partial charge in [-0.15, -0.1) is 0 Å². The molecule has 1 N–H and O–H groups in total. The van der Waals surface area contributed by atoms with Crippen LogP contribution in [0.15, 0.2) is 45.5 Å². The van der Waals surface area contributed by atoms with Gasteiger partial charge >= 0.3 is 0 Å². The Morgan fingerprint density at radius 2 is 2.05 bits per heavy atom. The maximum atomic E-state index is 12.0. The second-order valence-corrected chi connectivity index (χ2v) is 5.33. The average Bonchev–Trinajstić information content (AvgIpc) is 2.39. The van der Waals surface area contributed by atoms with E-state index in [4.69, 9.17) is 5.26 Å². The molecule has 0 aliphatic carbocycles. The van der Waals surface area contributed by atoms with Crippen LogP contribution in [0.5, 0.6) is 0 Å². The minimum atomic E-state index is -0.365. The predicted octanol–water partition coefficient (Wildman–Crippen LogP) is 3.73. The van der Waals surface area contributed by atoms with E-state index in [0.717, 1.165) is 4.47 Å². The molecule has 0 saturated heterocycles. The quantitative estimate of drug-likeness (QED) is 0.807. The van der Waals surface area contributed by atoms with Gasteiger partial charge in [-0.25, -0.2) is 4.98 Å². The van der Waals surface area contributed by atoms with E-state index in [1.807, 2.05) is 6.07 Å². The SMILES string of the molecule is N#Cc1ccc(Br)cc1NC(=O)c1cccc(Br)n1. The summed E-state index contributed by atoms with van der Waals surface area (Å²) < 4.78 is 1.36. The number of hydrogen-bond acceptors (Lipinski definition) is 3. The predicted molar refractivity (Wildman–Crippen MR) is 78.7 cm³/mol. The van der Waals surface area contributed by atoms with Crippen LogP contribution in [-0.4, -0.2) is 10.9 Å². The highest BCUT2D eigenvalue weighted by atomic mass is 79.9. The van der Waals surface area contributed by atoms with Gasteiger partial charge in [-0.1, -0.05) is 22.0 Å². The van der Waals surface area contributed by atoms with Gasteiger partial charge in [0.1, 0.15) is 16.4 Å². The zero-order chi connectivity index (χ0) is 13.8. The lowest BCUT2D eigenvalue weighted by Gasteiger charge is -2.07. The Hall–Kier alpha value is -1.71. The highest BCUT2D eigenvalue weighted by molar-refractivity contribution is 9.10. The first-order valence-electron chi connectivity index (χ1n) is 5.23. The largest absolute Gasteiger partial charge is 0.319 e. The number of pyridine rings is 1. The second kappa shape index (κ2) is 5.95. The zero-order valence-electron chi connectivity index (χ0n) is 9.52. The highest BCUT2D eigenvalue weighted by Gasteiger charge is 2.11. The van der Waals surface area contributed by atoms with Crippen molar-refractivity contribution < 1.29 is 4.79 Å². The molecule has 4 nitrogen and oxygen atoms in total. The number of nitriles is 1. The number of carbonyl (C=O) groups is 1. The van der Waals surface area contributed by atoms with E-state index in [1.54, 1.807) is 36.4 Å². The maximum Gasteiger partial charge on any atom is 0.274 e. The molecule has 0 aliphatic rings. The van der Waals surface area contributed by atoms with Crippen molar-refractivity contribution in [2.24, 2.45) is 0 Å². The number of rotatable bonds is 2. The molecule has 94 valence electrons. The van der Waals surface area contributed by atoms with Gasteiger partial charge in [-0.3, -0.25) is 4.79 Å². The number of nitrogens with zero attached hydrogens (tertiary/aromatic N) is 2. The Morgan fingerprint density at radius 1 is 1.26 bits per heavy atom. The van der Waals surface area contributed by atoms with E-state index >= 15 is 0 Å². The summed E-state index contributed by atoms with van der Waals surface area (Å²) in [6, 6.07) is 12.1. The van der Waals surface area contributed by atoms with Crippen LogP contribution in [0, 0.1) is 11.3 Å². The van der Waals surface area contributed by atoms with Gasteiger partial charge in [0.25, 0.3) is 5.91 Å². The molecule has 0 bridgehead atoms. The Bertz CT molecular complexity index is 680. The Balaban J connectivity index is 2.29. The maximum absolute atomic E-state index is 12.0. The molecular formula is C13H7Br2N3O. The first kappa shape index (κ1) is 13.7. The minimum absolute atomic E-state index is 0.276.